The van der Waals surface area contributed by atoms with Gasteiger partial charge < -0.3 is 10.2 Å². The highest BCUT2D eigenvalue weighted by Gasteiger charge is 2.45. The summed E-state index contributed by atoms with van der Waals surface area (Å²) in [5.41, 5.74) is 2.93. The third-order valence-corrected chi connectivity index (χ3v) is 7.98. The van der Waals surface area contributed by atoms with Crippen LogP contribution in [0.25, 0.3) is 22.2 Å². The molecule has 2 fully saturated rings. The minimum Gasteiger partial charge on any atom is -0.348 e. The Hall–Kier alpha value is -4.18. The van der Waals surface area contributed by atoms with E-state index >= 15 is 0 Å². The molecule has 0 radical (unpaired) electrons. The van der Waals surface area contributed by atoms with Crippen LogP contribution in [-0.4, -0.2) is 74.2 Å². The normalized spacial score (nSPS) is 20.5. The highest BCUT2D eigenvalue weighted by atomic mass is 19.1. The van der Waals surface area contributed by atoms with Crippen LogP contribution in [0.15, 0.2) is 60.8 Å². The number of pyridine rings is 1. The van der Waals surface area contributed by atoms with E-state index in [4.69, 9.17) is 0 Å². The molecule has 212 valence electrons. The summed E-state index contributed by atoms with van der Waals surface area (Å²) in [5, 5.41) is 11.4. The zero-order valence-electron chi connectivity index (χ0n) is 23.0. The van der Waals surface area contributed by atoms with Gasteiger partial charge in [-0.25, -0.2) is 8.78 Å². The minimum absolute atomic E-state index is 0.0631. The third kappa shape index (κ3) is 5.56. The first-order valence-electron chi connectivity index (χ1n) is 13.8. The minimum atomic E-state index is -1.37. The van der Waals surface area contributed by atoms with Crippen molar-refractivity contribution in [1.29, 1.82) is 0 Å². The van der Waals surface area contributed by atoms with Crippen LogP contribution >= 0.6 is 0 Å². The molecule has 2 atom stereocenters. The summed E-state index contributed by atoms with van der Waals surface area (Å²) in [5.74, 6) is -0.731. The van der Waals surface area contributed by atoms with Gasteiger partial charge in [-0.3, -0.25) is 24.6 Å². The number of fused-ring (bicyclic) bond motifs is 1. The number of aryl methyl sites for hydroxylation is 1. The number of hydrogen-bond acceptors (Lipinski definition) is 5. The maximum atomic E-state index is 14.6. The van der Waals surface area contributed by atoms with Crippen molar-refractivity contribution < 1.29 is 18.4 Å². The van der Waals surface area contributed by atoms with E-state index in [2.05, 4.69) is 20.5 Å². The molecule has 2 N–H and O–H groups in total. The number of halogens is 2. The number of piperidine rings is 1. The van der Waals surface area contributed by atoms with Crippen molar-refractivity contribution >= 4 is 22.7 Å². The molecule has 2 aromatic carbocycles. The van der Waals surface area contributed by atoms with E-state index in [1.54, 1.807) is 30.5 Å². The SMILES string of the molecule is Cc1cc(-c2n[nH]c3ccc(C(=O)N[C@@H]4CC[C@@H](C(=O)N5CC(C)(F)C5)N(Cc5ccccc5F)C4)cc23)ccn1. The van der Waals surface area contributed by atoms with Crippen LogP contribution in [0.2, 0.25) is 0 Å². The van der Waals surface area contributed by atoms with Crippen LogP contribution in [0.1, 0.15) is 41.4 Å². The van der Waals surface area contributed by atoms with Crippen LogP contribution < -0.4 is 5.32 Å². The number of rotatable bonds is 6. The lowest BCUT2D eigenvalue weighted by Crippen LogP contribution is -2.64. The van der Waals surface area contributed by atoms with Crippen LogP contribution in [-0.2, 0) is 11.3 Å². The monoisotopic (exact) mass is 558 g/mol. The summed E-state index contributed by atoms with van der Waals surface area (Å²) in [4.78, 5) is 34.4. The van der Waals surface area contributed by atoms with Gasteiger partial charge in [0.1, 0.15) is 17.2 Å². The number of alkyl halides is 1. The Kier molecular flexibility index (Phi) is 7.03. The molecule has 2 amide bonds. The Labute approximate surface area is 236 Å². The fraction of sp³-hybridized carbons (Fsp3) is 0.355. The number of hydrogen-bond donors (Lipinski definition) is 2. The van der Waals surface area contributed by atoms with Gasteiger partial charge in [0, 0.05) is 53.1 Å². The van der Waals surface area contributed by atoms with E-state index in [1.165, 1.54) is 17.9 Å². The van der Waals surface area contributed by atoms with Crippen molar-refractivity contribution in [2.75, 3.05) is 19.6 Å². The molecule has 4 aromatic rings. The van der Waals surface area contributed by atoms with E-state index < -0.39 is 11.7 Å². The Morgan fingerprint density at radius 2 is 1.93 bits per heavy atom. The second kappa shape index (κ2) is 10.7. The molecule has 4 heterocycles. The van der Waals surface area contributed by atoms with Gasteiger partial charge in [-0.2, -0.15) is 5.10 Å². The second-order valence-corrected chi connectivity index (χ2v) is 11.4. The van der Waals surface area contributed by atoms with E-state index in [9.17, 15) is 18.4 Å². The highest BCUT2D eigenvalue weighted by molar-refractivity contribution is 6.01. The van der Waals surface area contributed by atoms with Crippen molar-refractivity contribution in [2.24, 2.45) is 0 Å². The highest BCUT2D eigenvalue weighted by Crippen LogP contribution is 2.30. The molecule has 2 aliphatic heterocycles. The summed E-state index contributed by atoms with van der Waals surface area (Å²) in [6, 6.07) is 15.0. The van der Waals surface area contributed by atoms with Gasteiger partial charge in [-0.05, 0) is 63.1 Å². The number of aromatic amines is 1. The van der Waals surface area contributed by atoms with Crippen LogP contribution in [0.5, 0.6) is 0 Å². The molecule has 0 saturated carbocycles. The van der Waals surface area contributed by atoms with Crippen LogP contribution in [0.4, 0.5) is 8.78 Å². The molecule has 8 nitrogen and oxygen atoms in total. The molecule has 0 bridgehead atoms. The first-order chi connectivity index (χ1) is 19.7. The molecule has 2 aromatic heterocycles. The predicted molar refractivity (Wildman–Crippen MR) is 151 cm³/mol. The van der Waals surface area contributed by atoms with Gasteiger partial charge in [0.2, 0.25) is 5.91 Å². The lowest BCUT2D eigenvalue weighted by molar-refractivity contribution is -0.151. The Balaban J connectivity index is 1.20. The average molecular weight is 559 g/mol. The lowest BCUT2D eigenvalue weighted by Gasteiger charge is -2.47. The summed E-state index contributed by atoms with van der Waals surface area (Å²) in [6.45, 7) is 4.11. The fourth-order valence-electron chi connectivity index (χ4n) is 5.91. The number of H-pyrrole nitrogens is 1. The zero-order chi connectivity index (χ0) is 28.7. The van der Waals surface area contributed by atoms with Gasteiger partial charge in [0.15, 0.2) is 0 Å². The van der Waals surface area contributed by atoms with E-state index in [1.807, 2.05) is 36.1 Å². The number of carbonyl (C=O) groups is 2. The summed E-state index contributed by atoms with van der Waals surface area (Å²) < 4.78 is 28.7. The van der Waals surface area contributed by atoms with Crippen molar-refractivity contribution in [2.45, 2.75) is 51.0 Å². The molecule has 0 unspecified atom stereocenters. The Morgan fingerprint density at radius 1 is 1.12 bits per heavy atom. The van der Waals surface area contributed by atoms with Gasteiger partial charge in [-0.15, -0.1) is 0 Å². The fourth-order valence-corrected chi connectivity index (χ4v) is 5.91. The Morgan fingerprint density at radius 3 is 2.68 bits per heavy atom. The number of nitrogens with zero attached hydrogens (tertiary/aromatic N) is 4. The topological polar surface area (TPSA) is 94.2 Å². The molecular formula is C31H32F2N6O2. The zero-order valence-corrected chi connectivity index (χ0v) is 23.0. The van der Waals surface area contributed by atoms with Crippen LogP contribution in [0.3, 0.4) is 0 Å². The molecule has 0 aliphatic carbocycles. The maximum Gasteiger partial charge on any atom is 0.251 e. The number of likely N-dealkylation sites (tertiary alicyclic amines) is 2. The number of amides is 2. The molecular weight excluding hydrogens is 526 g/mol. The largest absolute Gasteiger partial charge is 0.348 e. The Bertz CT molecular complexity index is 1610. The van der Waals surface area contributed by atoms with Gasteiger partial charge >= 0.3 is 0 Å². The number of benzene rings is 2. The second-order valence-electron chi connectivity index (χ2n) is 11.4. The van der Waals surface area contributed by atoms with Crippen molar-refractivity contribution in [3.63, 3.8) is 0 Å². The van der Waals surface area contributed by atoms with Gasteiger partial charge in [0.25, 0.3) is 5.91 Å². The number of aromatic nitrogens is 3. The molecule has 0 spiro atoms. The number of nitrogens with one attached hydrogen (secondary N) is 2. The van der Waals surface area contributed by atoms with E-state index in [0.29, 0.717) is 30.5 Å². The molecule has 2 saturated heterocycles. The standard InChI is InChI=1S/C31H32F2N6O2/c1-19-13-20(11-12-34-19)28-24-14-21(7-9-26(24)36-37-28)29(40)35-23-8-10-27(30(41)39-17-31(2,33)18-39)38(16-23)15-22-5-3-4-6-25(22)32/h3-7,9,11-14,23,27H,8,10,15-18H2,1-2H3,(H,35,40)(H,36,37)/t23-,27+/m1/s1. The quantitative estimate of drug-likeness (QED) is 0.366. The molecule has 6 rings (SSSR count). The van der Waals surface area contributed by atoms with E-state index in [0.717, 1.165) is 27.9 Å². The van der Waals surface area contributed by atoms with E-state index in [-0.39, 0.29) is 43.3 Å². The first-order valence-corrected chi connectivity index (χ1v) is 13.8. The predicted octanol–water partition coefficient (Wildman–Crippen LogP) is 4.41. The maximum absolute atomic E-state index is 14.6. The van der Waals surface area contributed by atoms with Crippen LogP contribution in [0, 0.1) is 12.7 Å². The average Bonchev–Trinajstić information content (AvgIpc) is 3.36. The first kappa shape index (κ1) is 27.0. The van der Waals surface area contributed by atoms with Crippen molar-refractivity contribution in [3.8, 4) is 11.3 Å². The molecule has 10 heteroatoms. The lowest BCUT2D eigenvalue weighted by atomic mass is 9.92. The summed E-state index contributed by atoms with van der Waals surface area (Å²) in [7, 11) is 0. The third-order valence-electron chi connectivity index (χ3n) is 7.98. The van der Waals surface area contributed by atoms with Crippen molar-refractivity contribution in [1.82, 2.24) is 30.3 Å². The van der Waals surface area contributed by atoms with Gasteiger partial charge in [0.05, 0.1) is 24.6 Å². The molecule has 2 aliphatic rings. The van der Waals surface area contributed by atoms with Gasteiger partial charge in [-0.1, -0.05) is 18.2 Å². The molecule has 41 heavy (non-hydrogen) atoms. The van der Waals surface area contributed by atoms with Crippen molar-refractivity contribution in [3.05, 3.63) is 83.4 Å². The smallest absolute Gasteiger partial charge is 0.251 e. The summed E-state index contributed by atoms with van der Waals surface area (Å²) >= 11 is 0. The number of carbonyl (C=O) groups excluding carboxylic acids is 2. The summed E-state index contributed by atoms with van der Waals surface area (Å²) in [6.07, 6.45) is 2.78.